The highest BCUT2D eigenvalue weighted by molar-refractivity contribution is 5.99. The lowest BCUT2D eigenvalue weighted by atomic mass is 10.1. The SMILES string of the molecule is C=CCCN1CCN(C(=O)c2cncc(C(=O)N3CCN(CCC=C)CC3)c2)CC1. The minimum atomic E-state index is -0.0465. The quantitative estimate of drug-likeness (QED) is 0.610. The van der Waals surface area contributed by atoms with Crippen LogP contribution in [0.5, 0.6) is 0 Å². The predicted octanol–water partition coefficient (Wildman–Crippen LogP) is 1.75. The summed E-state index contributed by atoms with van der Waals surface area (Å²) in [7, 11) is 0. The molecule has 162 valence electrons. The average molecular weight is 412 g/mol. The molecule has 3 heterocycles. The Morgan fingerprint density at radius 3 is 1.53 bits per heavy atom. The summed E-state index contributed by atoms with van der Waals surface area (Å²) in [6.45, 7) is 15.7. The van der Waals surface area contributed by atoms with Crippen LogP contribution in [0.15, 0.2) is 43.8 Å². The molecule has 1 aromatic rings. The van der Waals surface area contributed by atoms with E-state index in [0.717, 1.165) is 52.1 Å². The zero-order valence-electron chi connectivity index (χ0n) is 17.8. The van der Waals surface area contributed by atoms with E-state index in [1.54, 1.807) is 18.5 Å². The number of hydrogen-bond donors (Lipinski definition) is 0. The molecule has 2 aliphatic rings. The van der Waals surface area contributed by atoms with Gasteiger partial charge in [0, 0.05) is 77.8 Å². The van der Waals surface area contributed by atoms with Crippen molar-refractivity contribution in [3.05, 3.63) is 54.9 Å². The van der Waals surface area contributed by atoms with E-state index < -0.39 is 0 Å². The molecule has 2 saturated heterocycles. The monoisotopic (exact) mass is 411 g/mol. The number of carbonyl (C=O) groups is 2. The van der Waals surface area contributed by atoms with Crippen LogP contribution in [0.4, 0.5) is 0 Å². The molecule has 0 saturated carbocycles. The third-order valence-corrected chi connectivity index (χ3v) is 5.85. The van der Waals surface area contributed by atoms with Gasteiger partial charge in [-0.3, -0.25) is 24.4 Å². The lowest BCUT2D eigenvalue weighted by molar-refractivity contribution is 0.0636. The van der Waals surface area contributed by atoms with Crippen LogP contribution in [-0.4, -0.2) is 102 Å². The van der Waals surface area contributed by atoms with E-state index in [2.05, 4.69) is 27.9 Å². The van der Waals surface area contributed by atoms with Crippen LogP contribution in [0.3, 0.4) is 0 Å². The van der Waals surface area contributed by atoms with Crippen LogP contribution < -0.4 is 0 Å². The molecule has 0 N–H and O–H groups in total. The van der Waals surface area contributed by atoms with Gasteiger partial charge in [0.05, 0.1) is 11.1 Å². The Kier molecular flexibility index (Phi) is 8.16. The molecule has 2 amide bonds. The van der Waals surface area contributed by atoms with Gasteiger partial charge in [0.1, 0.15) is 0 Å². The Morgan fingerprint density at radius 2 is 1.17 bits per heavy atom. The first kappa shape index (κ1) is 22.2. The molecule has 7 nitrogen and oxygen atoms in total. The molecule has 2 fully saturated rings. The Balaban J connectivity index is 1.55. The van der Waals surface area contributed by atoms with Gasteiger partial charge in [-0.25, -0.2) is 0 Å². The maximum absolute atomic E-state index is 12.9. The fourth-order valence-electron chi connectivity index (χ4n) is 3.94. The second-order valence-electron chi connectivity index (χ2n) is 7.88. The third-order valence-electron chi connectivity index (χ3n) is 5.85. The first-order chi connectivity index (χ1) is 14.6. The van der Waals surface area contributed by atoms with E-state index in [1.165, 1.54) is 0 Å². The highest BCUT2D eigenvalue weighted by Crippen LogP contribution is 2.13. The Morgan fingerprint density at radius 1 is 0.767 bits per heavy atom. The van der Waals surface area contributed by atoms with E-state index in [0.29, 0.717) is 37.3 Å². The van der Waals surface area contributed by atoms with Gasteiger partial charge in [-0.05, 0) is 18.9 Å². The number of amides is 2. The van der Waals surface area contributed by atoms with E-state index in [9.17, 15) is 9.59 Å². The van der Waals surface area contributed by atoms with E-state index >= 15 is 0 Å². The van der Waals surface area contributed by atoms with Crippen molar-refractivity contribution in [2.75, 3.05) is 65.4 Å². The third kappa shape index (κ3) is 5.77. The molecule has 0 aromatic carbocycles. The van der Waals surface area contributed by atoms with E-state index in [4.69, 9.17) is 0 Å². The number of aromatic nitrogens is 1. The molecule has 7 heteroatoms. The van der Waals surface area contributed by atoms with Crippen molar-refractivity contribution in [3.63, 3.8) is 0 Å². The van der Waals surface area contributed by atoms with Crippen LogP contribution in [-0.2, 0) is 0 Å². The minimum absolute atomic E-state index is 0.0465. The van der Waals surface area contributed by atoms with Crippen molar-refractivity contribution >= 4 is 11.8 Å². The molecule has 0 bridgehead atoms. The van der Waals surface area contributed by atoms with Crippen LogP contribution in [0.1, 0.15) is 33.6 Å². The van der Waals surface area contributed by atoms with Crippen LogP contribution in [0.25, 0.3) is 0 Å². The van der Waals surface area contributed by atoms with Gasteiger partial charge in [0.25, 0.3) is 11.8 Å². The second kappa shape index (κ2) is 11.0. The number of piperazine rings is 2. The Hall–Kier alpha value is -2.51. The molecule has 1 aromatic heterocycles. The summed E-state index contributed by atoms with van der Waals surface area (Å²) >= 11 is 0. The van der Waals surface area contributed by atoms with Crippen LogP contribution in [0.2, 0.25) is 0 Å². The van der Waals surface area contributed by atoms with E-state index in [-0.39, 0.29) is 11.8 Å². The minimum Gasteiger partial charge on any atom is -0.336 e. The van der Waals surface area contributed by atoms with Crippen molar-refractivity contribution in [2.45, 2.75) is 12.8 Å². The number of nitrogens with zero attached hydrogens (tertiary/aromatic N) is 5. The summed E-state index contributed by atoms with van der Waals surface area (Å²) in [6, 6.07) is 1.70. The summed E-state index contributed by atoms with van der Waals surface area (Å²) in [5, 5.41) is 0. The molecule has 0 unspecified atom stereocenters. The molecular weight excluding hydrogens is 378 g/mol. The summed E-state index contributed by atoms with van der Waals surface area (Å²) in [5.41, 5.74) is 0.982. The average Bonchev–Trinajstić information content (AvgIpc) is 2.81. The largest absolute Gasteiger partial charge is 0.336 e. The van der Waals surface area contributed by atoms with Gasteiger partial charge in [-0.1, -0.05) is 12.2 Å². The standard InChI is InChI=1S/C23H33N5O2/c1-3-5-7-25-9-13-27(14-10-25)22(29)20-17-21(19-24-18-20)23(30)28-15-11-26(12-16-28)8-6-4-2/h3-4,17-19H,1-2,5-16H2. The van der Waals surface area contributed by atoms with Crippen molar-refractivity contribution in [2.24, 2.45) is 0 Å². The van der Waals surface area contributed by atoms with Gasteiger partial charge >= 0.3 is 0 Å². The maximum Gasteiger partial charge on any atom is 0.255 e. The first-order valence-electron chi connectivity index (χ1n) is 10.8. The molecule has 2 aliphatic heterocycles. The van der Waals surface area contributed by atoms with E-state index in [1.807, 2.05) is 22.0 Å². The molecule has 0 aliphatic carbocycles. The van der Waals surface area contributed by atoms with Crippen molar-refractivity contribution in [1.29, 1.82) is 0 Å². The molecule has 0 radical (unpaired) electrons. The number of pyridine rings is 1. The molecule has 30 heavy (non-hydrogen) atoms. The summed E-state index contributed by atoms with van der Waals surface area (Å²) in [5.74, 6) is -0.0930. The highest BCUT2D eigenvalue weighted by Gasteiger charge is 2.25. The van der Waals surface area contributed by atoms with Gasteiger partial charge in [0.2, 0.25) is 0 Å². The number of rotatable bonds is 8. The van der Waals surface area contributed by atoms with Crippen LogP contribution >= 0.6 is 0 Å². The molecule has 0 atom stereocenters. The second-order valence-corrected chi connectivity index (χ2v) is 7.88. The smallest absolute Gasteiger partial charge is 0.255 e. The van der Waals surface area contributed by atoms with Crippen molar-refractivity contribution in [3.8, 4) is 0 Å². The number of carbonyl (C=O) groups excluding carboxylic acids is 2. The lowest BCUT2D eigenvalue weighted by Crippen LogP contribution is -2.49. The van der Waals surface area contributed by atoms with Crippen molar-refractivity contribution < 1.29 is 9.59 Å². The fraction of sp³-hybridized carbons (Fsp3) is 0.522. The molecule has 3 rings (SSSR count). The van der Waals surface area contributed by atoms with Gasteiger partial charge in [0.15, 0.2) is 0 Å². The molecular formula is C23H33N5O2. The normalized spacial score (nSPS) is 18.3. The van der Waals surface area contributed by atoms with Crippen LogP contribution in [0, 0.1) is 0 Å². The summed E-state index contributed by atoms with van der Waals surface area (Å²) in [4.78, 5) is 38.4. The van der Waals surface area contributed by atoms with Gasteiger partial charge < -0.3 is 9.80 Å². The zero-order chi connectivity index (χ0) is 21.3. The van der Waals surface area contributed by atoms with Gasteiger partial charge in [-0.15, -0.1) is 13.2 Å². The van der Waals surface area contributed by atoms with Crippen molar-refractivity contribution in [1.82, 2.24) is 24.6 Å². The number of hydrogen-bond acceptors (Lipinski definition) is 5. The Bertz CT molecular complexity index is 690. The van der Waals surface area contributed by atoms with Gasteiger partial charge in [-0.2, -0.15) is 0 Å². The summed E-state index contributed by atoms with van der Waals surface area (Å²) < 4.78 is 0. The fourth-order valence-corrected chi connectivity index (χ4v) is 3.94. The lowest BCUT2D eigenvalue weighted by Gasteiger charge is -2.35. The zero-order valence-corrected chi connectivity index (χ0v) is 17.8. The first-order valence-corrected chi connectivity index (χ1v) is 10.8. The Labute approximate surface area is 179 Å². The predicted molar refractivity (Wildman–Crippen MR) is 119 cm³/mol. The maximum atomic E-state index is 12.9. The summed E-state index contributed by atoms with van der Waals surface area (Å²) in [6.07, 6.45) is 8.90. The molecule has 0 spiro atoms. The topological polar surface area (TPSA) is 60.0 Å². The highest BCUT2D eigenvalue weighted by atomic mass is 16.2.